The summed E-state index contributed by atoms with van der Waals surface area (Å²) in [6.07, 6.45) is 0.358. The lowest BCUT2D eigenvalue weighted by atomic mass is 9.88. The van der Waals surface area contributed by atoms with Gasteiger partial charge in [0.1, 0.15) is 17.1 Å². The Morgan fingerprint density at radius 1 is 1.07 bits per heavy atom. The van der Waals surface area contributed by atoms with Crippen molar-refractivity contribution in [2.24, 2.45) is 0 Å². The van der Waals surface area contributed by atoms with Crippen LogP contribution in [0.15, 0.2) is 59.2 Å². The van der Waals surface area contributed by atoms with Gasteiger partial charge in [-0.05, 0) is 30.2 Å². The van der Waals surface area contributed by atoms with Gasteiger partial charge in [0.15, 0.2) is 0 Å². The maximum absolute atomic E-state index is 12.9. The molecule has 0 bridgehead atoms. The van der Waals surface area contributed by atoms with E-state index in [9.17, 15) is 4.79 Å². The first-order chi connectivity index (χ1) is 13.1. The molecule has 1 amide bonds. The molecule has 0 aliphatic carbocycles. The normalized spacial score (nSPS) is 11.8. The topological polar surface area (TPSA) is 68.5 Å². The summed E-state index contributed by atoms with van der Waals surface area (Å²) in [6, 6.07) is 17.9. The van der Waals surface area contributed by atoms with E-state index in [-0.39, 0.29) is 11.8 Å². The maximum atomic E-state index is 12.9. The van der Waals surface area contributed by atoms with Crippen LogP contribution in [0.5, 0.6) is 5.75 Å². The Labute approximate surface area is 158 Å². The Balaban J connectivity index is 1.80. The molecule has 0 saturated heterocycles. The Hall–Kier alpha value is -3.15. The molecule has 0 aliphatic heterocycles. The van der Waals surface area contributed by atoms with Gasteiger partial charge in [-0.1, -0.05) is 52.8 Å². The number of hydrogen-bond donors (Lipinski definition) is 0. The number of aryl methyl sites for hydroxylation is 1. The zero-order valence-corrected chi connectivity index (χ0v) is 15.8. The Morgan fingerprint density at radius 3 is 2.33 bits per heavy atom. The number of hydrogen-bond acceptors (Lipinski definition) is 5. The first-order valence-corrected chi connectivity index (χ1v) is 8.79. The third-order valence-electron chi connectivity index (χ3n) is 4.66. The van der Waals surface area contributed by atoms with Crippen LogP contribution in [0.1, 0.15) is 34.9 Å². The van der Waals surface area contributed by atoms with E-state index in [2.05, 4.69) is 10.3 Å². The van der Waals surface area contributed by atoms with Gasteiger partial charge < -0.3 is 9.64 Å². The van der Waals surface area contributed by atoms with Crippen molar-refractivity contribution in [3.05, 3.63) is 77.1 Å². The van der Waals surface area contributed by atoms with Gasteiger partial charge in [0.2, 0.25) is 5.91 Å². The third kappa shape index (κ3) is 4.53. The van der Waals surface area contributed by atoms with Crippen molar-refractivity contribution in [3.8, 4) is 5.75 Å². The second-order valence-electron chi connectivity index (χ2n) is 6.49. The molecule has 6 heteroatoms. The monoisotopic (exact) mass is 365 g/mol. The fourth-order valence-corrected chi connectivity index (χ4v) is 2.99. The molecule has 0 N–H and O–H groups in total. The Bertz CT molecular complexity index is 875. The van der Waals surface area contributed by atoms with Crippen molar-refractivity contribution in [1.29, 1.82) is 0 Å². The van der Waals surface area contributed by atoms with Gasteiger partial charge >= 0.3 is 0 Å². The van der Waals surface area contributed by atoms with E-state index in [1.54, 1.807) is 19.1 Å². The van der Waals surface area contributed by atoms with E-state index in [1.807, 2.05) is 61.5 Å². The zero-order chi connectivity index (χ0) is 19.2. The van der Waals surface area contributed by atoms with Crippen molar-refractivity contribution < 1.29 is 14.2 Å². The minimum Gasteiger partial charge on any atom is -0.497 e. The van der Waals surface area contributed by atoms with Crippen molar-refractivity contribution in [2.45, 2.75) is 25.8 Å². The van der Waals surface area contributed by atoms with Crippen molar-refractivity contribution in [3.63, 3.8) is 0 Å². The predicted molar refractivity (Wildman–Crippen MR) is 101 cm³/mol. The SMILES string of the molecule is COc1ccc([C@@H](CC(=O)N(C)Cc2nonc2C)c2ccccc2)cc1. The standard InChI is InChI=1S/C21H23N3O3/c1-15-20(23-27-22-15)14-24(2)21(25)13-19(16-7-5-4-6-8-16)17-9-11-18(26-3)12-10-17/h4-12,19H,13-14H2,1-3H3/t19-/m0/s1. The number of amides is 1. The van der Waals surface area contributed by atoms with E-state index in [0.717, 1.165) is 16.9 Å². The Morgan fingerprint density at radius 2 is 1.74 bits per heavy atom. The van der Waals surface area contributed by atoms with Crippen LogP contribution in [0.3, 0.4) is 0 Å². The summed E-state index contributed by atoms with van der Waals surface area (Å²) in [5.41, 5.74) is 3.54. The van der Waals surface area contributed by atoms with Crippen LogP contribution < -0.4 is 4.74 Å². The highest BCUT2D eigenvalue weighted by Crippen LogP contribution is 2.30. The van der Waals surface area contributed by atoms with Crippen LogP contribution in [0.25, 0.3) is 0 Å². The lowest BCUT2D eigenvalue weighted by molar-refractivity contribution is -0.130. The molecule has 0 saturated carbocycles. The quantitative estimate of drug-likeness (QED) is 0.640. The molecule has 0 radical (unpaired) electrons. The summed E-state index contributed by atoms with van der Waals surface area (Å²) in [5, 5.41) is 7.62. The van der Waals surface area contributed by atoms with Crippen molar-refractivity contribution in [1.82, 2.24) is 15.2 Å². The molecule has 140 valence electrons. The number of carbonyl (C=O) groups excluding carboxylic acids is 1. The molecular weight excluding hydrogens is 342 g/mol. The highest BCUT2D eigenvalue weighted by Gasteiger charge is 2.21. The molecule has 1 heterocycles. The Kier molecular flexibility index (Phi) is 5.86. The molecule has 0 fully saturated rings. The van der Waals surface area contributed by atoms with E-state index < -0.39 is 0 Å². The number of rotatable bonds is 7. The minimum atomic E-state index is -0.0383. The van der Waals surface area contributed by atoms with Gasteiger partial charge in [-0.15, -0.1) is 0 Å². The second kappa shape index (κ2) is 8.49. The minimum absolute atomic E-state index is 0.0297. The predicted octanol–water partition coefficient (Wildman–Crippen LogP) is 3.57. The average Bonchev–Trinajstić information content (AvgIpc) is 3.11. The van der Waals surface area contributed by atoms with E-state index in [1.165, 1.54) is 0 Å². The summed E-state index contributed by atoms with van der Waals surface area (Å²) in [7, 11) is 3.41. The van der Waals surface area contributed by atoms with Crippen LogP contribution in [0.4, 0.5) is 0 Å². The maximum Gasteiger partial charge on any atom is 0.223 e. The molecule has 1 atom stereocenters. The van der Waals surface area contributed by atoms with E-state index >= 15 is 0 Å². The molecule has 3 aromatic rings. The highest BCUT2D eigenvalue weighted by molar-refractivity contribution is 5.77. The van der Waals surface area contributed by atoms with Gasteiger partial charge in [-0.25, -0.2) is 4.63 Å². The number of methoxy groups -OCH3 is 1. The zero-order valence-electron chi connectivity index (χ0n) is 15.8. The highest BCUT2D eigenvalue weighted by atomic mass is 16.6. The second-order valence-corrected chi connectivity index (χ2v) is 6.49. The van der Waals surface area contributed by atoms with Crippen molar-refractivity contribution >= 4 is 5.91 Å². The molecule has 0 aliphatic rings. The molecular formula is C21H23N3O3. The number of nitrogens with zero attached hydrogens (tertiary/aromatic N) is 3. The fourth-order valence-electron chi connectivity index (χ4n) is 2.99. The first-order valence-electron chi connectivity index (χ1n) is 8.79. The molecule has 27 heavy (non-hydrogen) atoms. The van der Waals surface area contributed by atoms with Crippen LogP contribution in [0, 0.1) is 6.92 Å². The summed E-state index contributed by atoms with van der Waals surface area (Å²) in [5.74, 6) is 0.786. The van der Waals surface area contributed by atoms with Crippen LogP contribution in [0.2, 0.25) is 0 Å². The fraction of sp³-hybridized carbons (Fsp3) is 0.286. The molecule has 1 aromatic heterocycles. The first kappa shape index (κ1) is 18.6. The average molecular weight is 365 g/mol. The molecule has 0 unspecified atom stereocenters. The lowest BCUT2D eigenvalue weighted by Gasteiger charge is -2.22. The lowest BCUT2D eigenvalue weighted by Crippen LogP contribution is -2.28. The van der Waals surface area contributed by atoms with Gasteiger partial charge in [0.25, 0.3) is 0 Å². The third-order valence-corrected chi connectivity index (χ3v) is 4.66. The molecule has 6 nitrogen and oxygen atoms in total. The van der Waals surface area contributed by atoms with Gasteiger partial charge in [0, 0.05) is 19.4 Å². The molecule has 0 spiro atoms. The number of benzene rings is 2. The molecule has 2 aromatic carbocycles. The van der Waals surface area contributed by atoms with Gasteiger partial charge in [-0.2, -0.15) is 0 Å². The number of carbonyl (C=O) groups is 1. The largest absolute Gasteiger partial charge is 0.497 e. The summed E-state index contributed by atoms with van der Waals surface area (Å²) in [4.78, 5) is 14.5. The summed E-state index contributed by atoms with van der Waals surface area (Å²) < 4.78 is 9.96. The summed E-state index contributed by atoms with van der Waals surface area (Å²) in [6.45, 7) is 2.19. The van der Waals surface area contributed by atoms with E-state index in [0.29, 0.717) is 24.4 Å². The van der Waals surface area contributed by atoms with Crippen LogP contribution in [-0.4, -0.2) is 35.3 Å². The number of aromatic nitrogens is 2. The van der Waals surface area contributed by atoms with Crippen LogP contribution in [-0.2, 0) is 11.3 Å². The summed E-state index contributed by atoms with van der Waals surface area (Å²) >= 11 is 0. The van der Waals surface area contributed by atoms with Crippen LogP contribution >= 0.6 is 0 Å². The van der Waals surface area contributed by atoms with Gasteiger partial charge in [-0.3, -0.25) is 4.79 Å². The number of ether oxygens (including phenoxy) is 1. The smallest absolute Gasteiger partial charge is 0.223 e. The van der Waals surface area contributed by atoms with E-state index in [4.69, 9.17) is 9.37 Å². The van der Waals surface area contributed by atoms with Crippen molar-refractivity contribution in [2.75, 3.05) is 14.2 Å². The van der Waals surface area contributed by atoms with Gasteiger partial charge in [0.05, 0.1) is 13.7 Å². The molecule has 3 rings (SSSR count).